The maximum atomic E-state index is 12.4. The van der Waals surface area contributed by atoms with Gasteiger partial charge in [0.15, 0.2) is 0 Å². The second kappa shape index (κ2) is 8.70. The molecule has 1 amide bonds. The van der Waals surface area contributed by atoms with Crippen LogP contribution < -0.4 is 5.32 Å². The molecule has 1 N–H and O–H groups in total. The molecule has 2 aromatic rings. The third kappa shape index (κ3) is 4.83. The summed E-state index contributed by atoms with van der Waals surface area (Å²) in [6, 6.07) is 15.7. The Morgan fingerprint density at radius 2 is 1.75 bits per heavy atom. The van der Waals surface area contributed by atoms with E-state index in [-0.39, 0.29) is 17.9 Å². The third-order valence-electron chi connectivity index (χ3n) is 3.03. The van der Waals surface area contributed by atoms with Crippen LogP contribution in [0.1, 0.15) is 15.9 Å². The van der Waals surface area contributed by atoms with Crippen molar-refractivity contribution in [2.75, 3.05) is 6.61 Å². The molecule has 0 unspecified atom stereocenters. The third-order valence-corrected chi connectivity index (χ3v) is 3.36. The lowest BCUT2D eigenvalue weighted by Gasteiger charge is -2.10. The van der Waals surface area contributed by atoms with E-state index >= 15 is 0 Å². The normalized spacial score (nSPS) is 10.8. The molecular formula is C19H16ClNO3. The van der Waals surface area contributed by atoms with Crippen LogP contribution in [0.25, 0.3) is 6.08 Å². The Morgan fingerprint density at radius 3 is 2.42 bits per heavy atom. The first-order valence-corrected chi connectivity index (χ1v) is 7.60. The van der Waals surface area contributed by atoms with E-state index in [9.17, 15) is 9.59 Å². The average Bonchev–Trinajstić information content (AvgIpc) is 2.60. The van der Waals surface area contributed by atoms with Gasteiger partial charge in [0.1, 0.15) is 12.3 Å². The summed E-state index contributed by atoms with van der Waals surface area (Å²) in [6.07, 6.45) is 2.99. The number of halogens is 1. The van der Waals surface area contributed by atoms with E-state index in [1.54, 1.807) is 30.3 Å². The van der Waals surface area contributed by atoms with Gasteiger partial charge in [-0.2, -0.15) is 0 Å². The molecule has 0 radical (unpaired) electrons. The van der Waals surface area contributed by atoms with Gasteiger partial charge >= 0.3 is 5.97 Å². The smallest absolute Gasteiger partial charge is 0.355 e. The van der Waals surface area contributed by atoms with Crippen LogP contribution >= 0.6 is 11.6 Å². The number of hydrogen-bond donors (Lipinski definition) is 1. The van der Waals surface area contributed by atoms with Gasteiger partial charge in [0.2, 0.25) is 0 Å². The van der Waals surface area contributed by atoms with E-state index in [1.807, 2.05) is 30.3 Å². The standard InChI is InChI=1S/C19H16ClNO3/c1-2-12-24-19(23)17(13-14-8-4-3-5-9-14)21-18(22)15-10-6-7-11-16(15)20/h2-11,13H,1,12H2,(H,21,22). The zero-order valence-corrected chi connectivity index (χ0v) is 13.6. The summed E-state index contributed by atoms with van der Waals surface area (Å²) < 4.78 is 5.02. The minimum absolute atomic E-state index is 0.0213. The Labute approximate surface area is 145 Å². The molecule has 24 heavy (non-hydrogen) atoms. The van der Waals surface area contributed by atoms with E-state index in [1.165, 1.54) is 6.08 Å². The van der Waals surface area contributed by atoms with Crippen LogP contribution in [0.15, 0.2) is 72.9 Å². The fourth-order valence-corrected chi connectivity index (χ4v) is 2.13. The average molecular weight is 342 g/mol. The molecule has 0 saturated heterocycles. The molecule has 122 valence electrons. The van der Waals surface area contributed by atoms with Crippen molar-refractivity contribution in [2.24, 2.45) is 0 Å². The number of carbonyl (C=O) groups excluding carboxylic acids is 2. The van der Waals surface area contributed by atoms with Crippen LogP contribution in [0, 0.1) is 0 Å². The number of esters is 1. The van der Waals surface area contributed by atoms with Gasteiger partial charge in [0.05, 0.1) is 10.6 Å². The molecular weight excluding hydrogens is 326 g/mol. The van der Waals surface area contributed by atoms with Crippen molar-refractivity contribution < 1.29 is 14.3 Å². The van der Waals surface area contributed by atoms with E-state index in [0.717, 1.165) is 5.56 Å². The van der Waals surface area contributed by atoms with E-state index < -0.39 is 11.9 Å². The predicted octanol–water partition coefficient (Wildman–Crippen LogP) is 3.84. The molecule has 5 heteroatoms. The maximum absolute atomic E-state index is 12.4. The summed E-state index contributed by atoms with van der Waals surface area (Å²) >= 11 is 6.02. The lowest BCUT2D eigenvalue weighted by Crippen LogP contribution is -2.28. The van der Waals surface area contributed by atoms with Gasteiger partial charge < -0.3 is 10.1 Å². The lowest BCUT2D eigenvalue weighted by molar-refractivity contribution is -0.138. The Kier molecular flexibility index (Phi) is 6.34. The van der Waals surface area contributed by atoms with Gasteiger partial charge in [0.25, 0.3) is 5.91 Å². The second-order valence-electron chi connectivity index (χ2n) is 4.79. The van der Waals surface area contributed by atoms with E-state index in [4.69, 9.17) is 16.3 Å². The van der Waals surface area contributed by atoms with Gasteiger partial charge in [-0.3, -0.25) is 4.79 Å². The van der Waals surface area contributed by atoms with Crippen LogP contribution in [0.3, 0.4) is 0 Å². The van der Waals surface area contributed by atoms with Crippen LogP contribution in [0.5, 0.6) is 0 Å². The summed E-state index contributed by atoms with van der Waals surface area (Å²) in [7, 11) is 0. The van der Waals surface area contributed by atoms with Crippen molar-refractivity contribution in [2.45, 2.75) is 0 Å². The largest absolute Gasteiger partial charge is 0.457 e. The summed E-state index contributed by atoms with van der Waals surface area (Å²) in [4.78, 5) is 24.6. The summed E-state index contributed by atoms with van der Waals surface area (Å²) in [5.74, 6) is -1.14. The zero-order valence-electron chi connectivity index (χ0n) is 12.9. The maximum Gasteiger partial charge on any atom is 0.355 e. The zero-order chi connectivity index (χ0) is 17.4. The lowest BCUT2D eigenvalue weighted by atomic mass is 10.1. The fourth-order valence-electron chi connectivity index (χ4n) is 1.91. The molecule has 2 aromatic carbocycles. The van der Waals surface area contributed by atoms with Crippen molar-refractivity contribution in [3.8, 4) is 0 Å². The first-order valence-electron chi connectivity index (χ1n) is 7.22. The van der Waals surface area contributed by atoms with Crippen LogP contribution in [0.2, 0.25) is 5.02 Å². The van der Waals surface area contributed by atoms with Gasteiger partial charge in [0, 0.05) is 0 Å². The van der Waals surface area contributed by atoms with E-state index in [2.05, 4.69) is 11.9 Å². The highest BCUT2D eigenvalue weighted by Gasteiger charge is 2.17. The van der Waals surface area contributed by atoms with E-state index in [0.29, 0.717) is 5.02 Å². The molecule has 0 spiro atoms. The number of carbonyl (C=O) groups is 2. The minimum atomic E-state index is -0.654. The quantitative estimate of drug-likeness (QED) is 0.493. The first kappa shape index (κ1) is 17.5. The van der Waals surface area contributed by atoms with Crippen LogP contribution in [-0.4, -0.2) is 18.5 Å². The second-order valence-corrected chi connectivity index (χ2v) is 5.20. The monoisotopic (exact) mass is 341 g/mol. The molecule has 0 aliphatic carbocycles. The highest BCUT2D eigenvalue weighted by Crippen LogP contribution is 2.15. The number of hydrogen-bond acceptors (Lipinski definition) is 3. The number of ether oxygens (including phenoxy) is 1. The number of nitrogens with one attached hydrogen (secondary N) is 1. The Morgan fingerprint density at radius 1 is 1.08 bits per heavy atom. The number of amides is 1. The molecule has 0 bridgehead atoms. The van der Waals surface area contributed by atoms with Crippen molar-refractivity contribution >= 4 is 29.6 Å². The summed E-state index contributed by atoms with van der Waals surface area (Å²) in [5, 5.41) is 2.86. The van der Waals surface area contributed by atoms with Gasteiger partial charge in [-0.25, -0.2) is 4.79 Å². The van der Waals surface area contributed by atoms with Crippen molar-refractivity contribution in [3.05, 3.63) is 89.1 Å². The van der Waals surface area contributed by atoms with Crippen molar-refractivity contribution in [1.29, 1.82) is 0 Å². The van der Waals surface area contributed by atoms with Gasteiger partial charge in [-0.1, -0.05) is 66.7 Å². The summed E-state index contributed by atoms with van der Waals surface area (Å²) in [5.41, 5.74) is 1.05. The molecule has 0 aliphatic rings. The molecule has 0 aliphatic heterocycles. The molecule has 0 aromatic heterocycles. The molecule has 0 heterocycles. The van der Waals surface area contributed by atoms with Gasteiger partial charge in [-0.15, -0.1) is 0 Å². The minimum Gasteiger partial charge on any atom is -0.457 e. The Hall–Kier alpha value is -2.85. The topological polar surface area (TPSA) is 55.4 Å². The molecule has 0 saturated carbocycles. The first-order chi connectivity index (χ1) is 11.6. The van der Waals surface area contributed by atoms with Crippen molar-refractivity contribution in [1.82, 2.24) is 5.32 Å². The summed E-state index contributed by atoms with van der Waals surface area (Å²) in [6.45, 7) is 3.54. The molecule has 4 nitrogen and oxygen atoms in total. The Balaban J connectivity index is 2.27. The highest BCUT2D eigenvalue weighted by atomic mass is 35.5. The molecule has 2 rings (SSSR count). The van der Waals surface area contributed by atoms with Gasteiger partial charge in [-0.05, 0) is 23.8 Å². The Bertz CT molecular complexity index is 769. The SMILES string of the molecule is C=CCOC(=O)C(=Cc1ccccc1)NC(=O)c1ccccc1Cl. The predicted molar refractivity (Wildman–Crippen MR) is 94.5 cm³/mol. The number of rotatable bonds is 6. The fraction of sp³-hybridized carbons (Fsp3) is 0.0526. The molecule has 0 atom stereocenters. The number of benzene rings is 2. The van der Waals surface area contributed by atoms with Crippen molar-refractivity contribution in [3.63, 3.8) is 0 Å². The van der Waals surface area contributed by atoms with Crippen LogP contribution in [0.4, 0.5) is 0 Å². The van der Waals surface area contributed by atoms with Crippen LogP contribution in [-0.2, 0) is 9.53 Å². The highest BCUT2D eigenvalue weighted by molar-refractivity contribution is 6.34. The molecule has 0 fully saturated rings.